The Kier molecular flexibility index (Phi) is 4.79. The predicted molar refractivity (Wildman–Crippen MR) is 78.6 cm³/mol. The maximum absolute atomic E-state index is 13.9. The number of halogens is 2. The summed E-state index contributed by atoms with van der Waals surface area (Å²) in [5.74, 6) is -0.431. The molecule has 1 aromatic carbocycles. The highest BCUT2D eigenvalue weighted by Crippen LogP contribution is 2.43. The zero-order valence-corrected chi connectivity index (χ0v) is 12.7. The molecule has 20 heavy (non-hydrogen) atoms. The Hall–Kier alpha value is -0.960. The van der Waals surface area contributed by atoms with E-state index in [9.17, 15) is 8.78 Å². The molecule has 1 saturated carbocycles. The highest BCUT2D eigenvalue weighted by atomic mass is 19.2. The van der Waals surface area contributed by atoms with E-state index >= 15 is 0 Å². The van der Waals surface area contributed by atoms with Gasteiger partial charge in [-0.2, -0.15) is 0 Å². The molecule has 1 aliphatic carbocycles. The number of nitrogens with one attached hydrogen (secondary N) is 1. The Morgan fingerprint density at radius 2 is 2.00 bits per heavy atom. The van der Waals surface area contributed by atoms with Crippen LogP contribution in [-0.4, -0.2) is 13.6 Å². The fraction of sp³-hybridized carbons (Fsp3) is 0.647. The SMILES string of the molecule is CNCC1CCC(C)(C)CC1Cc1cccc(F)c1F. The van der Waals surface area contributed by atoms with Gasteiger partial charge in [0.25, 0.3) is 0 Å². The molecule has 0 spiro atoms. The summed E-state index contributed by atoms with van der Waals surface area (Å²) < 4.78 is 27.2. The summed E-state index contributed by atoms with van der Waals surface area (Å²) in [6.45, 7) is 5.51. The first-order valence-electron chi connectivity index (χ1n) is 7.50. The summed E-state index contributed by atoms with van der Waals surface area (Å²) in [7, 11) is 1.96. The molecular weight excluding hydrogens is 256 g/mol. The van der Waals surface area contributed by atoms with Crippen LogP contribution < -0.4 is 5.32 Å². The van der Waals surface area contributed by atoms with Crippen LogP contribution in [0.5, 0.6) is 0 Å². The molecule has 2 atom stereocenters. The van der Waals surface area contributed by atoms with Crippen LogP contribution in [0.25, 0.3) is 0 Å². The van der Waals surface area contributed by atoms with Crippen LogP contribution in [0.15, 0.2) is 18.2 Å². The molecular formula is C17H25F2N. The van der Waals surface area contributed by atoms with Crippen LogP contribution in [0.3, 0.4) is 0 Å². The summed E-state index contributed by atoms with van der Waals surface area (Å²) in [4.78, 5) is 0. The first-order chi connectivity index (χ1) is 9.43. The first kappa shape index (κ1) is 15.4. The molecule has 0 bridgehead atoms. The van der Waals surface area contributed by atoms with Crippen molar-refractivity contribution in [1.82, 2.24) is 5.32 Å². The van der Waals surface area contributed by atoms with Gasteiger partial charge in [-0.1, -0.05) is 26.0 Å². The Bertz CT molecular complexity index is 456. The molecule has 0 aromatic heterocycles. The van der Waals surface area contributed by atoms with E-state index in [0.717, 1.165) is 19.4 Å². The van der Waals surface area contributed by atoms with E-state index in [-0.39, 0.29) is 0 Å². The van der Waals surface area contributed by atoms with Gasteiger partial charge >= 0.3 is 0 Å². The van der Waals surface area contributed by atoms with Crippen LogP contribution in [0.4, 0.5) is 8.78 Å². The third kappa shape index (κ3) is 3.57. The van der Waals surface area contributed by atoms with Gasteiger partial charge in [-0.3, -0.25) is 0 Å². The minimum absolute atomic E-state index is 0.304. The minimum Gasteiger partial charge on any atom is -0.319 e. The Morgan fingerprint density at radius 3 is 2.70 bits per heavy atom. The molecule has 0 heterocycles. The lowest BCUT2D eigenvalue weighted by atomic mass is 9.65. The molecule has 1 N–H and O–H groups in total. The molecule has 1 aliphatic rings. The largest absolute Gasteiger partial charge is 0.319 e. The first-order valence-corrected chi connectivity index (χ1v) is 7.50. The third-order valence-electron chi connectivity index (χ3n) is 4.65. The standard InChI is InChI=1S/C17H25F2N/c1-17(2)8-7-13(11-20-3)14(10-17)9-12-5-4-6-15(18)16(12)19/h4-6,13-14,20H,7-11H2,1-3H3. The van der Waals surface area contributed by atoms with E-state index in [1.807, 2.05) is 7.05 Å². The molecule has 112 valence electrons. The molecule has 0 radical (unpaired) electrons. The van der Waals surface area contributed by atoms with Crippen molar-refractivity contribution in [1.29, 1.82) is 0 Å². The zero-order valence-electron chi connectivity index (χ0n) is 12.7. The van der Waals surface area contributed by atoms with Gasteiger partial charge in [0.05, 0.1) is 0 Å². The van der Waals surface area contributed by atoms with Crippen molar-refractivity contribution < 1.29 is 8.78 Å². The van der Waals surface area contributed by atoms with Crippen molar-refractivity contribution in [2.75, 3.05) is 13.6 Å². The van der Waals surface area contributed by atoms with Gasteiger partial charge in [0, 0.05) is 0 Å². The van der Waals surface area contributed by atoms with E-state index in [1.54, 1.807) is 12.1 Å². The molecule has 1 nitrogen and oxygen atoms in total. The molecule has 0 saturated heterocycles. The zero-order chi connectivity index (χ0) is 14.8. The number of hydrogen-bond acceptors (Lipinski definition) is 1. The lowest BCUT2D eigenvalue weighted by Gasteiger charge is -2.41. The Balaban J connectivity index is 2.16. The van der Waals surface area contributed by atoms with Gasteiger partial charge in [0.15, 0.2) is 11.6 Å². The predicted octanol–water partition coefficient (Wildman–Crippen LogP) is 4.17. The molecule has 1 fully saturated rings. The second-order valence-corrected chi connectivity index (χ2v) is 6.90. The van der Waals surface area contributed by atoms with Crippen molar-refractivity contribution >= 4 is 0 Å². The van der Waals surface area contributed by atoms with Gasteiger partial charge < -0.3 is 5.32 Å². The molecule has 0 aliphatic heterocycles. The smallest absolute Gasteiger partial charge is 0.162 e. The normalized spacial score (nSPS) is 25.6. The number of rotatable bonds is 4. The van der Waals surface area contributed by atoms with Crippen LogP contribution in [0.2, 0.25) is 0 Å². The Labute approximate surface area is 120 Å². The summed E-state index contributed by atoms with van der Waals surface area (Å²) in [5.41, 5.74) is 0.826. The molecule has 2 rings (SSSR count). The van der Waals surface area contributed by atoms with Crippen molar-refractivity contribution in [2.45, 2.75) is 39.5 Å². The van der Waals surface area contributed by atoms with Crippen molar-refractivity contribution in [3.8, 4) is 0 Å². The summed E-state index contributed by atoms with van der Waals surface area (Å²) in [6.07, 6.45) is 4.09. The second-order valence-electron chi connectivity index (χ2n) is 6.90. The van der Waals surface area contributed by atoms with Crippen LogP contribution in [-0.2, 0) is 6.42 Å². The molecule has 2 unspecified atom stereocenters. The van der Waals surface area contributed by atoms with E-state index in [1.165, 1.54) is 12.5 Å². The third-order valence-corrected chi connectivity index (χ3v) is 4.65. The van der Waals surface area contributed by atoms with Gasteiger partial charge in [0.2, 0.25) is 0 Å². The topological polar surface area (TPSA) is 12.0 Å². The van der Waals surface area contributed by atoms with Gasteiger partial charge in [-0.15, -0.1) is 0 Å². The van der Waals surface area contributed by atoms with Crippen molar-refractivity contribution in [3.05, 3.63) is 35.4 Å². The average molecular weight is 281 g/mol. The average Bonchev–Trinajstić information content (AvgIpc) is 2.38. The fourth-order valence-electron chi connectivity index (χ4n) is 3.55. The van der Waals surface area contributed by atoms with Crippen LogP contribution >= 0.6 is 0 Å². The molecule has 1 aromatic rings. The maximum atomic E-state index is 13.9. The lowest BCUT2D eigenvalue weighted by Crippen LogP contribution is -2.36. The lowest BCUT2D eigenvalue weighted by molar-refractivity contribution is 0.116. The second kappa shape index (κ2) is 6.21. The highest BCUT2D eigenvalue weighted by Gasteiger charge is 2.34. The quantitative estimate of drug-likeness (QED) is 0.873. The minimum atomic E-state index is -0.734. The monoisotopic (exact) mass is 281 g/mol. The number of benzene rings is 1. The van der Waals surface area contributed by atoms with Crippen molar-refractivity contribution in [2.24, 2.45) is 17.3 Å². The molecule has 3 heteroatoms. The van der Waals surface area contributed by atoms with Gasteiger partial charge in [0.1, 0.15) is 0 Å². The number of hydrogen-bond donors (Lipinski definition) is 1. The Morgan fingerprint density at radius 1 is 1.25 bits per heavy atom. The summed E-state index contributed by atoms with van der Waals surface area (Å²) in [5, 5.41) is 3.24. The van der Waals surface area contributed by atoms with Crippen LogP contribution in [0, 0.1) is 28.9 Å². The van der Waals surface area contributed by atoms with Gasteiger partial charge in [-0.05, 0) is 68.2 Å². The van der Waals surface area contributed by atoms with Crippen LogP contribution in [0.1, 0.15) is 38.7 Å². The van der Waals surface area contributed by atoms with E-state index in [0.29, 0.717) is 29.2 Å². The van der Waals surface area contributed by atoms with E-state index in [4.69, 9.17) is 0 Å². The fourth-order valence-corrected chi connectivity index (χ4v) is 3.55. The highest BCUT2D eigenvalue weighted by molar-refractivity contribution is 5.20. The summed E-state index contributed by atoms with van der Waals surface area (Å²) >= 11 is 0. The molecule has 0 amide bonds. The summed E-state index contributed by atoms with van der Waals surface area (Å²) in [6, 6.07) is 4.51. The van der Waals surface area contributed by atoms with Crippen molar-refractivity contribution in [3.63, 3.8) is 0 Å². The maximum Gasteiger partial charge on any atom is 0.162 e. The van der Waals surface area contributed by atoms with E-state index < -0.39 is 11.6 Å². The van der Waals surface area contributed by atoms with Gasteiger partial charge in [-0.25, -0.2) is 8.78 Å². The van der Waals surface area contributed by atoms with E-state index in [2.05, 4.69) is 19.2 Å².